The Hall–Kier alpha value is -3.91. The molecule has 2 N–H and O–H groups in total. The van der Waals surface area contributed by atoms with Gasteiger partial charge in [0.25, 0.3) is 11.1 Å². The maximum absolute atomic E-state index is 12.8. The van der Waals surface area contributed by atoms with Crippen molar-refractivity contribution >= 4 is 34.8 Å². The maximum Gasteiger partial charge on any atom is 0.307 e. The van der Waals surface area contributed by atoms with E-state index < -0.39 is 11.2 Å². The fraction of sp³-hybridized carbons (Fsp3) is 0.185. The number of nitrogens with one attached hydrogen (secondary N) is 1. The van der Waals surface area contributed by atoms with Gasteiger partial charge in [-0.05, 0) is 52.4 Å². The van der Waals surface area contributed by atoms with E-state index in [-0.39, 0.29) is 23.5 Å². The molecule has 1 saturated heterocycles. The Bertz CT molecular complexity index is 1270. The van der Waals surface area contributed by atoms with Gasteiger partial charge in [0.2, 0.25) is 5.91 Å². The molecule has 0 bridgehead atoms. The molecule has 1 aliphatic rings. The number of imide groups is 1. The predicted octanol–water partition coefficient (Wildman–Crippen LogP) is 4.15. The lowest BCUT2D eigenvalue weighted by atomic mass is 10.00. The number of carbonyl (C=O) groups is 4. The summed E-state index contributed by atoms with van der Waals surface area (Å²) in [5.41, 5.74) is 5.13. The Morgan fingerprint density at radius 1 is 0.914 bits per heavy atom. The molecule has 7 nitrogen and oxygen atoms in total. The van der Waals surface area contributed by atoms with Crippen molar-refractivity contribution in [2.24, 2.45) is 0 Å². The van der Waals surface area contributed by atoms with Crippen LogP contribution in [0.1, 0.15) is 27.0 Å². The first kappa shape index (κ1) is 24.2. The highest BCUT2D eigenvalue weighted by atomic mass is 32.2. The Balaban J connectivity index is 1.40. The number of rotatable bonds is 8. The van der Waals surface area contributed by atoms with Gasteiger partial charge in [0.15, 0.2) is 0 Å². The van der Waals surface area contributed by atoms with Crippen LogP contribution in [0.2, 0.25) is 0 Å². The number of benzene rings is 3. The van der Waals surface area contributed by atoms with E-state index in [0.29, 0.717) is 24.1 Å². The van der Waals surface area contributed by atoms with Crippen LogP contribution in [0.15, 0.2) is 72.8 Å². The summed E-state index contributed by atoms with van der Waals surface area (Å²) in [6.45, 7) is 0.420. The minimum absolute atomic E-state index is 0.0768. The Labute approximate surface area is 207 Å². The lowest BCUT2D eigenvalue weighted by molar-refractivity contribution is -0.136. The topological polar surface area (TPSA) is 104 Å². The summed E-state index contributed by atoms with van der Waals surface area (Å²) in [5, 5.41) is 10.5. The van der Waals surface area contributed by atoms with Gasteiger partial charge in [-0.25, -0.2) is 0 Å². The standard InChI is InChI=1S/C27H24N2O5S/c1-29(26(33)21-11-7-18(8-12-21)15-24(30)31)16-19-3-2-4-22(13-19)20-9-5-17(6-10-20)14-23-25(32)28-27(34)35-23/h2-13,23H,14-16H2,1H3,(H,30,31)(H,28,32,34). The highest BCUT2D eigenvalue weighted by Crippen LogP contribution is 2.26. The van der Waals surface area contributed by atoms with Gasteiger partial charge in [-0.1, -0.05) is 66.4 Å². The number of hydrogen-bond donors (Lipinski definition) is 2. The average molecular weight is 489 g/mol. The normalized spacial score (nSPS) is 15.1. The third-order valence-electron chi connectivity index (χ3n) is 5.73. The molecule has 1 heterocycles. The zero-order valence-electron chi connectivity index (χ0n) is 19.1. The van der Waals surface area contributed by atoms with Gasteiger partial charge in [0.1, 0.15) is 0 Å². The molecule has 35 heavy (non-hydrogen) atoms. The van der Waals surface area contributed by atoms with Crippen LogP contribution in [0.4, 0.5) is 4.79 Å². The van der Waals surface area contributed by atoms with Crippen molar-refractivity contribution < 1.29 is 24.3 Å². The van der Waals surface area contributed by atoms with Crippen LogP contribution >= 0.6 is 11.8 Å². The van der Waals surface area contributed by atoms with Crippen molar-refractivity contribution in [1.82, 2.24) is 10.2 Å². The first-order chi connectivity index (χ1) is 16.8. The summed E-state index contributed by atoms with van der Waals surface area (Å²) in [4.78, 5) is 48.4. The molecular weight excluding hydrogens is 464 g/mol. The summed E-state index contributed by atoms with van der Waals surface area (Å²) in [5.74, 6) is -1.30. The van der Waals surface area contributed by atoms with Gasteiger partial charge in [-0.15, -0.1) is 0 Å². The average Bonchev–Trinajstić information content (AvgIpc) is 3.15. The molecule has 8 heteroatoms. The Morgan fingerprint density at radius 3 is 2.23 bits per heavy atom. The van der Waals surface area contributed by atoms with Gasteiger partial charge in [-0.3, -0.25) is 24.5 Å². The number of hydrogen-bond acceptors (Lipinski definition) is 5. The van der Waals surface area contributed by atoms with Gasteiger partial charge in [0.05, 0.1) is 11.7 Å². The van der Waals surface area contributed by atoms with Crippen molar-refractivity contribution in [1.29, 1.82) is 0 Å². The maximum atomic E-state index is 12.8. The molecule has 0 radical (unpaired) electrons. The third-order valence-corrected chi connectivity index (χ3v) is 6.71. The highest BCUT2D eigenvalue weighted by molar-refractivity contribution is 8.15. The minimum Gasteiger partial charge on any atom is -0.481 e. The second kappa shape index (κ2) is 10.6. The lowest BCUT2D eigenvalue weighted by Gasteiger charge is -2.18. The largest absolute Gasteiger partial charge is 0.481 e. The van der Waals surface area contributed by atoms with Gasteiger partial charge in [0, 0.05) is 19.2 Å². The number of carbonyl (C=O) groups excluding carboxylic acids is 3. The number of aliphatic carboxylic acids is 1. The summed E-state index contributed by atoms with van der Waals surface area (Å²) in [6, 6.07) is 22.5. The first-order valence-electron chi connectivity index (χ1n) is 11.0. The fourth-order valence-electron chi connectivity index (χ4n) is 3.93. The number of amides is 3. The molecule has 1 fully saturated rings. The molecule has 1 atom stereocenters. The Kier molecular flexibility index (Phi) is 7.31. The van der Waals surface area contributed by atoms with E-state index >= 15 is 0 Å². The fourth-order valence-corrected chi connectivity index (χ4v) is 4.79. The lowest BCUT2D eigenvalue weighted by Crippen LogP contribution is -2.26. The molecule has 1 unspecified atom stereocenters. The van der Waals surface area contributed by atoms with E-state index in [2.05, 4.69) is 5.32 Å². The van der Waals surface area contributed by atoms with E-state index in [9.17, 15) is 19.2 Å². The smallest absolute Gasteiger partial charge is 0.307 e. The van der Waals surface area contributed by atoms with Crippen molar-refractivity contribution in [3.63, 3.8) is 0 Å². The van der Waals surface area contributed by atoms with Crippen LogP contribution in [0.5, 0.6) is 0 Å². The van der Waals surface area contributed by atoms with E-state index in [1.165, 1.54) is 0 Å². The Morgan fingerprint density at radius 2 is 1.60 bits per heavy atom. The SMILES string of the molecule is CN(Cc1cccc(-c2ccc(CC3SC(=O)NC3=O)cc2)c1)C(=O)c1ccc(CC(=O)O)cc1. The van der Waals surface area contributed by atoms with Crippen LogP contribution < -0.4 is 5.32 Å². The molecule has 3 amide bonds. The molecule has 4 rings (SSSR count). The van der Waals surface area contributed by atoms with Crippen molar-refractivity contribution in [2.75, 3.05) is 7.05 Å². The zero-order valence-corrected chi connectivity index (χ0v) is 19.9. The summed E-state index contributed by atoms with van der Waals surface area (Å²) < 4.78 is 0. The van der Waals surface area contributed by atoms with E-state index in [4.69, 9.17) is 5.11 Å². The molecule has 3 aromatic rings. The summed E-state index contributed by atoms with van der Waals surface area (Å²) >= 11 is 1.02. The highest BCUT2D eigenvalue weighted by Gasteiger charge is 2.31. The molecule has 0 aromatic heterocycles. The van der Waals surface area contributed by atoms with Crippen molar-refractivity contribution in [3.8, 4) is 11.1 Å². The molecule has 0 spiro atoms. The van der Waals surface area contributed by atoms with E-state index in [1.807, 2.05) is 48.5 Å². The van der Waals surface area contributed by atoms with Crippen molar-refractivity contribution in [2.45, 2.75) is 24.6 Å². The molecule has 178 valence electrons. The van der Waals surface area contributed by atoms with Gasteiger partial charge >= 0.3 is 5.97 Å². The summed E-state index contributed by atoms with van der Waals surface area (Å²) in [7, 11) is 1.73. The van der Waals surface area contributed by atoms with E-state index in [0.717, 1.165) is 34.0 Å². The molecule has 0 saturated carbocycles. The van der Waals surface area contributed by atoms with Crippen LogP contribution in [0, 0.1) is 0 Å². The zero-order chi connectivity index (χ0) is 24.9. The predicted molar refractivity (Wildman–Crippen MR) is 134 cm³/mol. The number of nitrogens with zero attached hydrogens (tertiary/aromatic N) is 1. The van der Waals surface area contributed by atoms with Crippen LogP contribution in [-0.2, 0) is 29.0 Å². The van der Waals surface area contributed by atoms with Gasteiger partial charge in [-0.2, -0.15) is 0 Å². The van der Waals surface area contributed by atoms with Crippen LogP contribution in [0.3, 0.4) is 0 Å². The monoisotopic (exact) mass is 488 g/mol. The quantitative estimate of drug-likeness (QED) is 0.494. The second-order valence-corrected chi connectivity index (χ2v) is 9.59. The van der Waals surface area contributed by atoms with Crippen LogP contribution in [-0.4, -0.2) is 45.3 Å². The third kappa shape index (κ3) is 6.16. The molecule has 0 aliphatic carbocycles. The number of carboxylic acids is 1. The number of carboxylic acid groups (broad SMARTS) is 1. The molecule has 1 aliphatic heterocycles. The second-order valence-electron chi connectivity index (χ2n) is 8.41. The van der Waals surface area contributed by atoms with Crippen molar-refractivity contribution in [3.05, 3.63) is 95.1 Å². The van der Waals surface area contributed by atoms with Crippen LogP contribution in [0.25, 0.3) is 11.1 Å². The number of thioether (sulfide) groups is 1. The first-order valence-corrected chi connectivity index (χ1v) is 11.9. The molecule has 3 aromatic carbocycles. The minimum atomic E-state index is -0.910. The summed E-state index contributed by atoms with van der Waals surface area (Å²) in [6.07, 6.45) is 0.416. The molecular formula is C27H24N2O5S. The van der Waals surface area contributed by atoms with Gasteiger partial charge < -0.3 is 10.0 Å². The van der Waals surface area contributed by atoms with E-state index in [1.54, 1.807) is 36.2 Å².